The van der Waals surface area contributed by atoms with Gasteiger partial charge in [-0.15, -0.1) is 0 Å². The van der Waals surface area contributed by atoms with Gasteiger partial charge < -0.3 is 25.4 Å². The van der Waals surface area contributed by atoms with Crippen molar-refractivity contribution in [2.75, 3.05) is 12.3 Å². The molecule has 5 aromatic rings. The van der Waals surface area contributed by atoms with Gasteiger partial charge in [0.25, 0.3) is 0 Å². The minimum atomic E-state index is -5.18. The van der Waals surface area contributed by atoms with E-state index >= 15 is 14.4 Å². The Bertz CT molecular complexity index is 1930. The van der Waals surface area contributed by atoms with E-state index in [0.29, 0.717) is 0 Å². The Morgan fingerprint density at radius 2 is 1.33 bits per heavy atom. The summed E-state index contributed by atoms with van der Waals surface area (Å²) in [4.78, 5) is 76.9. The normalized spacial score (nSPS) is 20.8. The molecule has 14 nitrogen and oxygen atoms in total. The van der Waals surface area contributed by atoms with Crippen LogP contribution in [0.5, 0.6) is 0 Å². The highest BCUT2D eigenvalue weighted by molar-refractivity contribution is 7.46. The van der Waals surface area contributed by atoms with Crippen LogP contribution in [0.4, 0.5) is 5.82 Å². The number of aromatic nitrogens is 4. The first kappa shape index (κ1) is 31.0. The molecule has 0 bridgehead atoms. The maximum Gasteiger partial charge on any atom is 0.469 e. The minimum absolute atomic E-state index is 0.0102. The Kier molecular flexibility index (Phi) is 7.94. The monoisotopic (exact) mass is 643 g/mol. The van der Waals surface area contributed by atoms with Crippen LogP contribution in [-0.4, -0.2) is 70.6 Å². The van der Waals surface area contributed by atoms with Gasteiger partial charge in [0.1, 0.15) is 30.4 Å². The first-order chi connectivity index (χ1) is 22.0. The van der Waals surface area contributed by atoms with Crippen molar-refractivity contribution in [1.29, 1.82) is 0 Å². The van der Waals surface area contributed by atoms with Crippen LogP contribution in [0.1, 0.15) is 31.1 Å². The molecule has 0 amide bonds. The number of imidazole rings is 1. The molecular weight excluding hydrogens is 617 g/mol. The molecule has 3 atom stereocenters. The summed E-state index contributed by atoms with van der Waals surface area (Å²) >= 11 is 0. The predicted octanol–water partition coefficient (Wildman–Crippen LogP) is 2.57. The molecule has 0 aliphatic carbocycles. The zero-order chi connectivity index (χ0) is 32.7. The summed E-state index contributed by atoms with van der Waals surface area (Å²) in [7, 11) is -5.18. The van der Waals surface area contributed by atoms with Crippen molar-refractivity contribution in [3.63, 3.8) is 0 Å². The van der Waals surface area contributed by atoms with E-state index in [1.54, 1.807) is 30.3 Å². The molecule has 5 N–H and O–H groups in total. The number of aliphatic hydroxyl groups excluding tert-OH is 1. The van der Waals surface area contributed by atoms with E-state index in [1.165, 1.54) is 60.7 Å². The molecule has 1 fully saturated rings. The first-order valence-electron chi connectivity index (χ1n) is 13.8. The van der Waals surface area contributed by atoms with E-state index in [0.717, 1.165) is 17.2 Å². The van der Waals surface area contributed by atoms with E-state index in [4.69, 9.17) is 15.0 Å². The summed E-state index contributed by atoms with van der Waals surface area (Å²) < 4.78 is 24.0. The summed E-state index contributed by atoms with van der Waals surface area (Å²) in [6, 6.07) is 22.6. The average Bonchev–Trinajstić information content (AvgIpc) is 3.62. The number of ether oxygens (including phenoxy) is 1. The number of hydrogen-bond donors (Lipinski definition) is 4. The number of hydrogen-bond acceptors (Lipinski definition) is 11. The van der Waals surface area contributed by atoms with Crippen LogP contribution >= 0.6 is 7.82 Å². The maximum absolute atomic E-state index is 15.1. The topological polar surface area (TPSA) is 217 Å². The van der Waals surface area contributed by atoms with Gasteiger partial charge in [0.2, 0.25) is 11.5 Å². The van der Waals surface area contributed by atoms with Gasteiger partial charge in [-0.3, -0.25) is 23.5 Å². The average molecular weight is 644 g/mol. The molecule has 234 valence electrons. The van der Waals surface area contributed by atoms with Crippen molar-refractivity contribution < 1.29 is 43.1 Å². The molecule has 6 rings (SSSR count). The van der Waals surface area contributed by atoms with Gasteiger partial charge in [0.05, 0.1) is 6.61 Å². The number of phosphoric ester groups is 1. The number of nitrogen functional groups attached to an aromatic ring is 1. The number of carbonyl (C=O) groups is 3. The number of aliphatic hydroxyl groups is 1. The number of phosphoric acid groups is 1. The maximum atomic E-state index is 15.1. The Balaban J connectivity index is 1.77. The highest BCUT2D eigenvalue weighted by Crippen LogP contribution is 2.57. The molecule has 0 unspecified atom stereocenters. The van der Waals surface area contributed by atoms with E-state index in [1.807, 2.05) is 0 Å². The SMILES string of the molecule is Nc1ncnc2c1ncn2[C@]1(C(=O)c2ccccc2)O[C@H](COP(=O)(O)O)[C@@H](O)C1(C(=O)c1ccccc1)C(=O)c1ccccc1. The number of Topliss-reactive ketones (excluding diaryl/α,β-unsaturated/α-hetero) is 3. The zero-order valence-electron chi connectivity index (χ0n) is 23.8. The molecule has 46 heavy (non-hydrogen) atoms. The second kappa shape index (κ2) is 11.8. The van der Waals surface area contributed by atoms with Crippen LogP contribution in [0, 0.1) is 5.41 Å². The lowest BCUT2D eigenvalue weighted by Gasteiger charge is -2.42. The molecule has 1 aliphatic rings. The molecule has 0 spiro atoms. The van der Waals surface area contributed by atoms with E-state index in [2.05, 4.69) is 15.0 Å². The quantitative estimate of drug-likeness (QED) is 0.0979. The van der Waals surface area contributed by atoms with Crippen molar-refractivity contribution in [2.45, 2.75) is 17.9 Å². The second-order valence-corrected chi connectivity index (χ2v) is 11.7. The lowest BCUT2D eigenvalue weighted by atomic mass is 9.62. The van der Waals surface area contributed by atoms with Crippen molar-refractivity contribution in [3.8, 4) is 0 Å². The lowest BCUT2D eigenvalue weighted by Crippen LogP contribution is -2.64. The fraction of sp³-hybridized carbons (Fsp3) is 0.161. The molecule has 15 heteroatoms. The Labute approximate surface area is 260 Å². The fourth-order valence-electron chi connectivity index (χ4n) is 5.92. The van der Waals surface area contributed by atoms with Crippen LogP contribution in [0.25, 0.3) is 11.2 Å². The summed E-state index contributed by atoms with van der Waals surface area (Å²) in [5.74, 6) is -3.13. The largest absolute Gasteiger partial charge is 0.469 e. The third-order valence-electron chi connectivity index (χ3n) is 7.89. The number of rotatable bonds is 10. The van der Waals surface area contributed by atoms with E-state index in [-0.39, 0.29) is 33.7 Å². The third kappa shape index (κ3) is 4.84. The molecule has 2 aromatic heterocycles. The number of nitrogens with two attached hydrogens (primary N) is 1. The Morgan fingerprint density at radius 1 is 0.826 bits per heavy atom. The van der Waals surface area contributed by atoms with Gasteiger partial charge >= 0.3 is 7.82 Å². The fourth-order valence-corrected chi connectivity index (χ4v) is 6.26. The number of anilines is 1. The highest BCUT2D eigenvalue weighted by atomic mass is 31.2. The van der Waals surface area contributed by atoms with Crippen LogP contribution < -0.4 is 5.73 Å². The molecule has 0 radical (unpaired) electrons. The van der Waals surface area contributed by atoms with E-state index < -0.39 is 55.1 Å². The second-order valence-electron chi connectivity index (χ2n) is 10.5. The first-order valence-corrected chi connectivity index (χ1v) is 15.3. The highest BCUT2D eigenvalue weighted by Gasteiger charge is 2.77. The van der Waals surface area contributed by atoms with Gasteiger partial charge in [-0.1, -0.05) is 91.0 Å². The molecule has 0 saturated carbocycles. The molecular formula is C31H26N5O9P. The predicted molar refractivity (Wildman–Crippen MR) is 161 cm³/mol. The molecule has 3 heterocycles. The van der Waals surface area contributed by atoms with E-state index in [9.17, 15) is 19.5 Å². The van der Waals surface area contributed by atoms with Gasteiger partial charge in [0, 0.05) is 16.7 Å². The van der Waals surface area contributed by atoms with Crippen molar-refractivity contribution in [3.05, 3.63) is 120 Å². The lowest BCUT2D eigenvalue weighted by molar-refractivity contribution is -0.104. The van der Waals surface area contributed by atoms with Crippen molar-refractivity contribution in [1.82, 2.24) is 19.5 Å². The van der Waals surface area contributed by atoms with Gasteiger partial charge in [-0.2, -0.15) is 0 Å². The van der Waals surface area contributed by atoms with Crippen LogP contribution in [0.3, 0.4) is 0 Å². The third-order valence-corrected chi connectivity index (χ3v) is 8.38. The van der Waals surface area contributed by atoms with Crippen LogP contribution in [0.2, 0.25) is 0 Å². The number of nitrogens with zero attached hydrogens (tertiary/aromatic N) is 4. The van der Waals surface area contributed by atoms with Crippen molar-refractivity contribution >= 4 is 42.2 Å². The number of fused-ring (bicyclic) bond motifs is 1. The van der Waals surface area contributed by atoms with Gasteiger partial charge in [0.15, 0.2) is 28.4 Å². The number of carbonyl (C=O) groups excluding carboxylic acids is 3. The summed E-state index contributed by atoms with van der Waals surface area (Å²) in [6.07, 6.45) is -1.91. The van der Waals surface area contributed by atoms with Crippen molar-refractivity contribution in [2.24, 2.45) is 5.41 Å². The number of ketones is 3. The molecule has 1 aliphatic heterocycles. The van der Waals surface area contributed by atoms with Gasteiger partial charge in [-0.05, 0) is 0 Å². The van der Waals surface area contributed by atoms with Crippen LogP contribution in [-0.2, 0) is 19.6 Å². The summed E-state index contributed by atoms with van der Waals surface area (Å²) in [5.41, 5.74) is 0.0401. The standard InChI is InChI=1S/C31H26N5O9P/c32-28-23-29(34-17-33-28)36(18-35-23)31(26(39)21-14-8-3-9-15-21)30(24(37)19-10-4-1-5-11-19,25(38)20-12-6-2-7-13-20)27(40)22(45-31)16-44-46(41,42)43/h1-15,17-18,22,27,40H,16H2,(H2,32,33,34)(H2,41,42,43)/t22-,27-,31-/m1/s1. The molecule has 1 saturated heterocycles. The minimum Gasteiger partial charge on any atom is -0.389 e. The van der Waals surface area contributed by atoms with Crippen LogP contribution in [0.15, 0.2) is 104 Å². The molecule has 3 aromatic carbocycles. The smallest absolute Gasteiger partial charge is 0.389 e. The zero-order valence-corrected chi connectivity index (χ0v) is 24.7. The Morgan fingerprint density at radius 3 is 1.83 bits per heavy atom. The van der Waals surface area contributed by atoms with Gasteiger partial charge in [-0.25, -0.2) is 19.5 Å². The summed E-state index contributed by atoms with van der Waals surface area (Å²) in [6.45, 7) is -1.02. The number of benzene rings is 3. The summed E-state index contributed by atoms with van der Waals surface area (Å²) in [5, 5.41) is 12.3. The Hall–Kier alpha value is -4.95.